The summed E-state index contributed by atoms with van der Waals surface area (Å²) in [5, 5.41) is 2.68. The molecule has 0 aliphatic rings. The van der Waals surface area contributed by atoms with Gasteiger partial charge in [0, 0.05) is 6.20 Å². The number of thiazole rings is 1. The standard InChI is InChI=1S/C6H4NOS/c1-2-3-7-4-5-9-6(7)8/h1,4H,3H2. The first-order valence-electron chi connectivity index (χ1n) is 2.34. The maximum absolute atomic E-state index is 10.7. The summed E-state index contributed by atoms with van der Waals surface area (Å²) in [6.45, 7) is 0.346. The summed E-state index contributed by atoms with van der Waals surface area (Å²) in [4.78, 5) is 10.6. The number of hydrogen-bond donors (Lipinski definition) is 0. The van der Waals surface area contributed by atoms with Crippen LogP contribution >= 0.6 is 11.3 Å². The summed E-state index contributed by atoms with van der Waals surface area (Å²) in [7, 11) is 0. The molecule has 1 rings (SSSR count). The Kier molecular flexibility index (Phi) is 1.71. The van der Waals surface area contributed by atoms with Crippen molar-refractivity contribution in [3.8, 4) is 12.3 Å². The van der Waals surface area contributed by atoms with Gasteiger partial charge in [0.1, 0.15) is 0 Å². The fourth-order valence-electron chi connectivity index (χ4n) is 0.460. The van der Waals surface area contributed by atoms with Gasteiger partial charge < -0.3 is 0 Å². The Labute approximate surface area is 56.8 Å². The number of terminal acetylenes is 1. The molecule has 0 aromatic carbocycles. The van der Waals surface area contributed by atoms with Gasteiger partial charge in [-0.15, -0.1) is 6.42 Å². The molecule has 0 amide bonds. The van der Waals surface area contributed by atoms with Gasteiger partial charge >= 0.3 is 4.87 Å². The highest BCUT2D eigenvalue weighted by molar-refractivity contribution is 7.06. The number of aromatic nitrogens is 1. The maximum Gasteiger partial charge on any atom is 0.308 e. The third kappa shape index (κ3) is 1.21. The second kappa shape index (κ2) is 2.51. The molecule has 1 aromatic heterocycles. The van der Waals surface area contributed by atoms with Gasteiger partial charge in [0.2, 0.25) is 0 Å². The monoisotopic (exact) mass is 138 g/mol. The molecule has 0 unspecified atom stereocenters. The molecule has 0 aliphatic heterocycles. The van der Waals surface area contributed by atoms with Crippen LogP contribution in [-0.4, -0.2) is 4.57 Å². The second-order valence-corrected chi connectivity index (χ2v) is 2.24. The maximum atomic E-state index is 10.7. The van der Waals surface area contributed by atoms with Crippen molar-refractivity contribution >= 4 is 11.3 Å². The minimum atomic E-state index is -0.0482. The third-order valence-electron chi connectivity index (χ3n) is 0.851. The van der Waals surface area contributed by atoms with Crippen molar-refractivity contribution in [1.29, 1.82) is 0 Å². The number of nitrogens with zero attached hydrogens (tertiary/aromatic N) is 1. The average molecular weight is 138 g/mol. The van der Waals surface area contributed by atoms with Crippen molar-refractivity contribution < 1.29 is 0 Å². The Morgan fingerprint density at radius 2 is 2.78 bits per heavy atom. The van der Waals surface area contributed by atoms with Crippen LogP contribution in [0.25, 0.3) is 0 Å². The first-order chi connectivity index (χ1) is 4.34. The molecule has 2 nitrogen and oxygen atoms in total. The van der Waals surface area contributed by atoms with Crippen LogP contribution in [-0.2, 0) is 6.54 Å². The summed E-state index contributed by atoms with van der Waals surface area (Å²) in [5.74, 6) is 2.36. The van der Waals surface area contributed by atoms with Gasteiger partial charge in [-0.2, -0.15) is 0 Å². The van der Waals surface area contributed by atoms with E-state index in [0.29, 0.717) is 6.54 Å². The van der Waals surface area contributed by atoms with Crippen LogP contribution in [0.3, 0.4) is 0 Å². The van der Waals surface area contributed by atoms with Crippen molar-refractivity contribution in [2.24, 2.45) is 0 Å². The molecule has 0 spiro atoms. The van der Waals surface area contributed by atoms with E-state index in [4.69, 9.17) is 6.42 Å². The molecule has 45 valence electrons. The predicted molar refractivity (Wildman–Crippen MR) is 36.2 cm³/mol. The van der Waals surface area contributed by atoms with Gasteiger partial charge in [0.05, 0.1) is 11.9 Å². The topological polar surface area (TPSA) is 22.0 Å². The minimum Gasteiger partial charge on any atom is -0.294 e. The predicted octanol–water partition coefficient (Wildman–Crippen LogP) is 0.343. The van der Waals surface area contributed by atoms with Gasteiger partial charge in [0.25, 0.3) is 0 Å². The third-order valence-corrected chi connectivity index (χ3v) is 1.48. The highest BCUT2D eigenvalue weighted by Crippen LogP contribution is 1.85. The van der Waals surface area contributed by atoms with Gasteiger partial charge in [-0.3, -0.25) is 9.36 Å². The molecule has 9 heavy (non-hydrogen) atoms. The average Bonchev–Trinajstić information content (AvgIpc) is 2.18. The van der Waals surface area contributed by atoms with E-state index in [1.807, 2.05) is 0 Å². The normalized spacial score (nSPS) is 8.78. The lowest BCUT2D eigenvalue weighted by Crippen LogP contribution is -2.09. The molecule has 1 aromatic rings. The van der Waals surface area contributed by atoms with Crippen molar-refractivity contribution in [1.82, 2.24) is 4.57 Å². The van der Waals surface area contributed by atoms with Crippen LogP contribution in [0.4, 0.5) is 0 Å². The zero-order valence-corrected chi connectivity index (χ0v) is 5.44. The zero-order valence-electron chi connectivity index (χ0n) is 4.63. The second-order valence-electron chi connectivity index (χ2n) is 1.45. The molecule has 0 saturated carbocycles. The Morgan fingerprint density at radius 1 is 2.00 bits per heavy atom. The molecule has 0 bridgehead atoms. The van der Waals surface area contributed by atoms with Crippen LogP contribution in [0.15, 0.2) is 11.0 Å². The van der Waals surface area contributed by atoms with Crippen molar-refractivity contribution in [3.63, 3.8) is 0 Å². The fourth-order valence-corrected chi connectivity index (χ4v) is 0.976. The highest BCUT2D eigenvalue weighted by atomic mass is 32.1. The lowest BCUT2D eigenvalue weighted by Gasteiger charge is -1.87. The quantitative estimate of drug-likeness (QED) is 0.513. The van der Waals surface area contributed by atoms with Crippen LogP contribution < -0.4 is 4.87 Å². The van der Waals surface area contributed by atoms with Gasteiger partial charge in [-0.1, -0.05) is 17.3 Å². The lowest BCUT2D eigenvalue weighted by atomic mass is 10.6. The zero-order chi connectivity index (χ0) is 6.69. The molecule has 3 heteroatoms. The summed E-state index contributed by atoms with van der Waals surface area (Å²) in [6.07, 6.45) is 6.53. The summed E-state index contributed by atoms with van der Waals surface area (Å²) >= 11 is 1.03. The summed E-state index contributed by atoms with van der Waals surface area (Å²) in [5.41, 5.74) is 0. The smallest absolute Gasteiger partial charge is 0.294 e. The van der Waals surface area contributed by atoms with Crippen molar-refractivity contribution in [2.75, 3.05) is 0 Å². The van der Waals surface area contributed by atoms with Crippen LogP contribution in [0.1, 0.15) is 0 Å². The van der Waals surface area contributed by atoms with Gasteiger partial charge in [0.15, 0.2) is 0 Å². The first-order valence-corrected chi connectivity index (χ1v) is 3.16. The molecule has 1 radical (unpaired) electrons. The Balaban J connectivity index is 2.98. The molecular weight excluding hydrogens is 134 g/mol. The van der Waals surface area contributed by atoms with Crippen LogP contribution in [0.2, 0.25) is 0 Å². The van der Waals surface area contributed by atoms with E-state index < -0.39 is 0 Å². The Hall–Kier alpha value is -1.01. The lowest BCUT2D eigenvalue weighted by molar-refractivity contribution is 0.825. The highest BCUT2D eigenvalue weighted by Gasteiger charge is 1.90. The van der Waals surface area contributed by atoms with Crippen LogP contribution in [0, 0.1) is 17.7 Å². The minimum absolute atomic E-state index is 0.0482. The SMILES string of the molecule is C#CCn1c[c]sc1=O. The molecule has 0 saturated heterocycles. The van der Waals surface area contributed by atoms with E-state index in [1.165, 1.54) is 4.57 Å². The largest absolute Gasteiger partial charge is 0.308 e. The molecule has 1 heterocycles. The van der Waals surface area contributed by atoms with Gasteiger partial charge in [-0.25, -0.2) is 0 Å². The molecule has 0 aliphatic carbocycles. The van der Waals surface area contributed by atoms with E-state index in [0.717, 1.165) is 11.3 Å². The van der Waals surface area contributed by atoms with E-state index in [-0.39, 0.29) is 4.87 Å². The van der Waals surface area contributed by atoms with E-state index >= 15 is 0 Å². The van der Waals surface area contributed by atoms with E-state index in [1.54, 1.807) is 6.20 Å². The first kappa shape index (κ1) is 6.12. The molecular formula is C6H4NOS. The Morgan fingerprint density at radius 3 is 3.22 bits per heavy atom. The molecule has 0 N–H and O–H groups in total. The van der Waals surface area contributed by atoms with E-state index in [9.17, 15) is 4.79 Å². The molecule has 0 fully saturated rings. The van der Waals surface area contributed by atoms with E-state index in [2.05, 4.69) is 11.3 Å². The summed E-state index contributed by atoms with van der Waals surface area (Å²) in [6, 6.07) is 0. The number of hydrogen-bond acceptors (Lipinski definition) is 2. The van der Waals surface area contributed by atoms with Crippen LogP contribution in [0.5, 0.6) is 0 Å². The Bertz CT molecular complexity index is 278. The summed E-state index contributed by atoms with van der Waals surface area (Å²) < 4.78 is 1.44. The van der Waals surface area contributed by atoms with Gasteiger partial charge in [-0.05, 0) is 0 Å². The van der Waals surface area contributed by atoms with Crippen molar-refractivity contribution in [2.45, 2.75) is 6.54 Å². The number of rotatable bonds is 1. The van der Waals surface area contributed by atoms with Crippen molar-refractivity contribution in [3.05, 3.63) is 21.2 Å². The fraction of sp³-hybridized carbons (Fsp3) is 0.167. The molecule has 0 atom stereocenters.